The SMILES string of the molecule is OC1c2ccccc2C(O)c2c(-c3ccc(-c4ccccc4)cc3)cccc21. The number of benzene rings is 4. The van der Waals surface area contributed by atoms with Crippen LogP contribution in [0.1, 0.15) is 34.5 Å². The molecule has 4 aromatic carbocycles. The second kappa shape index (κ2) is 6.75. The summed E-state index contributed by atoms with van der Waals surface area (Å²) in [5, 5.41) is 22.0. The van der Waals surface area contributed by atoms with Gasteiger partial charge in [-0.1, -0.05) is 97.1 Å². The van der Waals surface area contributed by atoms with Crippen molar-refractivity contribution >= 4 is 0 Å². The Bertz CT molecular complexity index is 1130. The highest BCUT2D eigenvalue weighted by Crippen LogP contribution is 2.44. The maximum atomic E-state index is 11.1. The van der Waals surface area contributed by atoms with Crippen LogP contribution in [-0.2, 0) is 0 Å². The van der Waals surface area contributed by atoms with Crippen molar-refractivity contribution in [1.82, 2.24) is 0 Å². The first-order valence-corrected chi connectivity index (χ1v) is 9.47. The molecular weight excluding hydrogens is 344 g/mol. The summed E-state index contributed by atoms with van der Waals surface area (Å²) in [6.45, 7) is 0. The van der Waals surface area contributed by atoms with Gasteiger partial charge in [-0.15, -0.1) is 0 Å². The van der Waals surface area contributed by atoms with Crippen LogP contribution < -0.4 is 0 Å². The summed E-state index contributed by atoms with van der Waals surface area (Å²) in [4.78, 5) is 0. The second-order valence-corrected chi connectivity index (χ2v) is 7.19. The highest BCUT2D eigenvalue weighted by Gasteiger charge is 2.31. The van der Waals surface area contributed by atoms with E-state index in [1.54, 1.807) is 0 Å². The molecular formula is C26H20O2. The van der Waals surface area contributed by atoms with Gasteiger partial charge in [0, 0.05) is 0 Å². The van der Waals surface area contributed by atoms with Crippen LogP contribution in [0.4, 0.5) is 0 Å². The number of rotatable bonds is 2. The molecule has 0 heterocycles. The molecule has 1 aliphatic rings. The van der Waals surface area contributed by atoms with Crippen LogP contribution in [0.15, 0.2) is 97.1 Å². The maximum Gasteiger partial charge on any atom is 0.105 e. The Labute approximate surface area is 164 Å². The zero-order valence-electron chi connectivity index (χ0n) is 15.3. The van der Waals surface area contributed by atoms with Gasteiger partial charge in [0.1, 0.15) is 12.2 Å². The molecule has 0 aromatic heterocycles. The predicted molar refractivity (Wildman–Crippen MR) is 112 cm³/mol. The summed E-state index contributed by atoms with van der Waals surface area (Å²) in [7, 11) is 0. The summed E-state index contributed by atoms with van der Waals surface area (Å²) >= 11 is 0. The van der Waals surface area contributed by atoms with E-state index in [4.69, 9.17) is 0 Å². The molecule has 4 aromatic rings. The molecule has 1 aliphatic carbocycles. The topological polar surface area (TPSA) is 40.5 Å². The Morgan fingerprint density at radius 2 is 0.964 bits per heavy atom. The Hall–Kier alpha value is -3.20. The van der Waals surface area contributed by atoms with Gasteiger partial charge in [0.15, 0.2) is 0 Å². The Kier molecular flexibility index (Phi) is 4.09. The van der Waals surface area contributed by atoms with Gasteiger partial charge >= 0.3 is 0 Å². The van der Waals surface area contributed by atoms with Crippen molar-refractivity contribution in [2.45, 2.75) is 12.2 Å². The van der Waals surface area contributed by atoms with E-state index in [2.05, 4.69) is 36.4 Å². The van der Waals surface area contributed by atoms with Crippen LogP contribution in [0.3, 0.4) is 0 Å². The van der Waals surface area contributed by atoms with Gasteiger partial charge in [-0.2, -0.15) is 0 Å². The normalized spacial score (nSPS) is 17.6. The Balaban J connectivity index is 1.61. The molecule has 136 valence electrons. The zero-order chi connectivity index (χ0) is 19.1. The van der Waals surface area contributed by atoms with Crippen LogP contribution in [0.25, 0.3) is 22.3 Å². The quantitative estimate of drug-likeness (QED) is 0.493. The lowest BCUT2D eigenvalue weighted by Gasteiger charge is -2.30. The summed E-state index contributed by atoms with van der Waals surface area (Å²) in [6, 6.07) is 32.1. The van der Waals surface area contributed by atoms with Gasteiger partial charge in [0.05, 0.1) is 0 Å². The number of hydrogen-bond acceptors (Lipinski definition) is 2. The van der Waals surface area contributed by atoms with E-state index in [1.165, 1.54) is 5.56 Å². The summed E-state index contributed by atoms with van der Waals surface area (Å²) < 4.78 is 0. The molecule has 2 unspecified atom stereocenters. The van der Waals surface area contributed by atoms with Crippen molar-refractivity contribution in [1.29, 1.82) is 0 Å². The van der Waals surface area contributed by atoms with Gasteiger partial charge in [0.25, 0.3) is 0 Å². The van der Waals surface area contributed by atoms with Gasteiger partial charge in [-0.05, 0) is 44.5 Å². The van der Waals surface area contributed by atoms with Gasteiger partial charge in [-0.3, -0.25) is 0 Å². The van der Waals surface area contributed by atoms with Crippen molar-refractivity contribution in [3.05, 3.63) is 119 Å². The van der Waals surface area contributed by atoms with Gasteiger partial charge in [-0.25, -0.2) is 0 Å². The Morgan fingerprint density at radius 1 is 0.429 bits per heavy atom. The number of hydrogen-bond donors (Lipinski definition) is 2. The van der Waals surface area contributed by atoms with Crippen LogP contribution in [0, 0.1) is 0 Å². The minimum absolute atomic E-state index is 0.724. The fraction of sp³-hybridized carbons (Fsp3) is 0.0769. The van der Waals surface area contributed by atoms with E-state index in [0.717, 1.165) is 38.9 Å². The standard InChI is InChI=1S/C26H20O2/c27-25-21-9-4-5-10-22(21)26(28)24-20(11-6-12-23(24)25)19-15-13-18(14-16-19)17-7-2-1-3-8-17/h1-16,25-28H. The molecule has 0 bridgehead atoms. The molecule has 0 saturated heterocycles. The maximum absolute atomic E-state index is 11.1. The first kappa shape index (κ1) is 16.9. The van der Waals surface area contributed by atoms with Crippen LogP contribution >= 0.6 is 0 Å². The molecule has 28 heavy (non-hydrogen) atoms. The van der Waals surface area contributed by atoms with Crippen LogP contribution in [0.2, 0.25) is 0 Å². The third kappa shape index (κ3) is 2.66. The lowest BCUT2D eigenvalue weighted by Crippen LogP contribution is -2.18. The second-order valence-electron chi connectivity index (χ2n) is 7.19. The van der Waals surface area contributed by atoms with E-state index in [0.29, 0.717) is 0 Å². The van der Waals surface area contributed by atoms with Crippen molar-refractivity contribution in [2.24, 2.45) is 0 Å². The average Bonchev–Trinajstić information content (AvgIpc) is 2.78. The minimum Gasteiger partial charge on any atom is -0.384 e. The fourth-order valence-electron chi connectivity index (χ4n) is 4.18. The van der Waals surface area contributed by atoms with E-state index in [9.17, 15) is 10.2 Å². The average molecular weight is 364 g/mol. The third-order valence-corrected chi connectivity index (χ3v) is 5.60. The zero-order valence-corrected chi connectivity index (χ0v) is 15.3. The molecule has 0 aliphatic heterocycles. The van der Waals surface area contributed by atoms with Crippen LogP contribution in [-0.4, -0.2) is 10.2 Å². The molecule has 0 fully saturated rings. The molecule has 0 amide bonds. The van der Waals surface area contributed by atoms with Crippen molar-refractivity contribution in [3.63, 3.8) is 0 Å². The smallest absolute Gasteiger partial charge is 0.105 e. The van der Waals surface area contributed by atoms with E-state index < -0.39 is 12.2 Å². The van der Waals surface area contributed by atoms with Gasteiger partial charge < -0.3 is 10.2 Å². The molecule has 2 N–H and O–H groups in total. The minimum atomic E-state index is -0.750. The molecule has 2 heteroatoms. The third-order valence-electron chi connectivity index (χ3n) is 5.60. The summed E-state index contributed by atoms with van der Waals surface area (Å²) in [5.74, 6) is 0. The van der Waals surface area contributed by atoms with Crippen molar-refractivity contribution in [2.75, 3.05) is 0 Å². The monoisotopic (exact) mass is 364 g/mol. The Morgan fingerprint density at radius 3 is 1.68 bits per heavy atom. The first-order chi connectivity index (χ1) is 13.7. The van der Waals surface area contributed by atoms with Gasteiger partial charge in [0.2, 0.25) is 0 Å². The molecule has 0 radical (unpaired) electrons. The highest BCUT2D eigenvalue weighted by atomic mass is 16.3. The fourth-order valence-corrected chi connectivity index (χ4v) is 4.18. The number of aliphatic hydroxyl groups excluding tert-OH is 2. The summed E-state index contributed by atoms with van der Waals surface area (Å²) in [5.41, 5.74) is 7.43. The molecule has 5 rings (SSSR count). The number of fused-ring (bicyclic) bond motifs is 2. The highest BCUT2D eigenvalue weighted by molar-refractivity contribution is 5.75. The van der Waals surface area contributed by atoms with E-state index >= 15 is 0 Å². The largest absolute Gasteiger partial charge is 0.384 e. The summed E-state index contributed by atoms with van der Waals surface area (Å²) in [6.07, 6.45) is -1.47. The first-order valence-electron chi connectivity index (χ1n) is 9.47. The lowest BCUT2D eigenvalue weighted by molar-refractivity contribution is 0.174. The van der Waals surface area contributed by atoms with E-state index in [-0.39, 0.29) is 0 Å². The molecule has 0 spiro atoms. The van der Waals surface area contributed by atoms with Crippen LogP contribution in [0.5, 0.6) is 0 Å². The van der Waals surface area contributed by atoms with Crippen molar-refractivity contribution in [3.8, 4) is 22.3 Å². The van der Waals surface area contributed by atoms with E-state index in [1.807, 2.05) is 60.7 Å². The molecule has 0 saturated carbocycles. The van der Waals surface area contributed by atoms with Crippen molar-refractivity contribution < 1.29 is 10.2 Å². The molecule has 2 atom stereocenters. The number of aliphatic hydroxyl groups is 2. The molecule has 2 nitrogen and oxygen atoms in total. The predicted octanol–water partition coefficient (Wildman–Crippen LogP) is 5.50. The lowest BCUT2D eigenvalue weighted by atomic mass is 9.78.